The van der Waals surface area contributed by atoms with Crippen LogP contribution in [-0.2, 0) is 24.1 Å². The number of rotatable bonds is 4. The minimum Gasteiger partial charge on any atom is -0.360 e. The molecule has 0 spiro atoms. The van der Waals surface area contributed by atoms with Crippen LogP contribution in [0, 0.1) is 5.82 Å². The largest absolute Gasteiger partial charge is 0.360 e. The van der Waals surface area contributed by atoms with Gasteiger partial charge >= 0.3 is 5.69 Å². The highest BCUT2D eigenvalue weighted by Gasteiger charge is 2.21. The molecule has 6 rings (SSSR count). The first-order valence-electron chi connectivity index (χ1n) is 11.1. The van der Waals surface area contributed by atoms with Gasteiger partial charge in [-0.2, -0.15) is 0 Å². The third-order valence-corrected chi connectivity index (χ3v) is 8.02. The van der Waals surface area contributed by atoms with Crippen LogP contribution in [0.2, 0.25) is 0 Å². The molecule has 0 aliphatic rings. The molecule has 36 heavy (non-hydrogen) atoms. The lowest BCUT2D eigenvalue weighted by molar-refractivity contribution is 0.588. The topological polar surface area (TPSA) is 107 Å². The van der Waals surface area contributed by atoms with Crippen LogP contribution in [0.25, 0.3) is 50.0 Å². The molecular weight excluding hydrogens is 483 g/mol. The van der Waals surface area contributed by atoms with Gasteiger partial charge in [-0.25, -0.2) is 27.3 Å². The Bertz CT molecular complexity index is 2010. The summed E-state index contributed by atoms with van der Waals surface area (Å²) in [6.45, 7) is 0. The third-order valence-electron chi connectivity index (χ3n) is 6.60. The molecule has 0 saturated carbocycles. The lowest BCUT2D eigenvalue weighted by atomic mass is 10.1. The van der Waals surface area contributed by atoms with E-state index in [1.165, 1.54) is 25.2 Å². The Balaban J connectivity index is 1.73. The Morgan fingerprint density at radius 3 is 2.50 bits per heavy atom. The fourth-order valence-corrected chi connectivity index (χ4v) is 5.44. The molecule has 9 nitrogen and oxygen atoms in total. The summed E-state index contributed by atoms with van der Waals surface area (Å²) in [4.78, 5) is 20.6. The Labute approximate surface area is 204 Å². The van der Waals surface area contributed by atoms with Gasteiger partial charge in [0.25, 0.3) is 0 Å². The number of imidazole rings is 2. The molecule has 3 aromatic heterocycles. The number of aromatic amines is 1. The third kappa shape index (κ3) is 3.13. The van der Waals surface area contributed by atoms with Gasteiger partial charge in [0.15, 0.2) is 0 Å². The van der Waals surface area contributed by atoms with Crippen molar-refractivity contribution >= 4 is 43.0 Å². The van der Waals surface area contributed by atoms with Gasteiger partial charge in [0.1, 0.15) is 11.6 Å². The zero-order chi connectivity index (χ0) is 25.4. The number of hydrogen-bond donors (Lipinski definition) is 2. The van der Waals surface area contributed by atoms with Gasteiger partial charge in [-0.15, -0.1) is 0 Å². The number of fused-ring (bicyclic) bond motifs is 3. The first-order chi connectivity index (χ1) is 17.2. The van der Waals surface area contributed by atoms with E-state index >= 15 is 0 Å². The molecule has 0 amide bonds. The van der Waals surface area contributed by atoms with Crippen molar-refractivity contribution < 1.29 is 12.8 Å². The average molecular weight is 505 g/mol. The highest BCUT2D eigenvalue weighted by molar-refractivity contribution is 7.89. The molecule has 0 unspecified atom stereocenters. The van der Waals surface area contributed by atoms with Gasteiger partial charge in [-0.05, 0) is 61.6 Å². The van der Waals surface area contributed by atoms with Crippen molar-refractivity contribution in [3.63, 3.8) is 0 Å². The van der Waals surface area contributed by atoms with Gasteiger partial charge < -0.3 is 4.98 Å². The molecule has 0 atom stereocenters. The Morgan fingerprint density at radius 1 is 0.944 bits per heavy atom. The maximum Gasteiger partial charge on any atom is 0.328 e. The lowest BCUT2D eigenvalue weighted by Gasteiger charge is -2.11. The number of sulfonamides is 1. The molecule has 0 saturated heterocycles. The van der Waals surface area contributed by atoms with E-state index < -0.39 is 10.0 Å². The summed E-state index contributed by atoms with van der Waals surface area (Å²) in [7, 11) is 1.04. The second-order valence-corrected chi connectivity index (χ2v) is 10.5. The Morgan fingerprint density at radius 2 is 1.72 bits per heavy atom. The van der Waals surface area contributed by atoms with Crippen LogP contribution in [0.15, 0.2) is 70.5 Å². The van der Waals surface area contributed by atoms with E-state index in [4.69, 9.17) is 4.98 Å². The molecule has 2 N–H and O–H groups in total. The van der Waals surface area contributed by atoms with Crippen molar-refractivity contribution in [3.8, 4) is 17.1 Å². The first-order valence-corrected chi connectivity index (χ1v) is 12.6. The molecule has 0 fully saturated rings. The van der Waals surface area contributed by atoms with Crippen LogP contribution in [0.3, 0.4) is 0 Å². The second-order valence-electron chi connectivity index (χ2n) is 8.59. The molecule has 3 aromatic carbocycles. The van der Waals surface area contributed by atoms with E-state index in [1.54, 1.807) is 47.6 Å². The van der Waals surface area contributed by atoms with E-state index in [2.05, 4.69) is 9.71 Å². The fraction of sp³-hybridized carbons (Fsp3) is 0.120. The molecule has 182 valence electrons. The average Bonchev–Trinajstić information content (AvgIpc) is 3.52. The number of halogens is 1. The summed E-state index contributed by atoms with van der Waals surface area (Å²) >= 11 is 0. The summed E-state index contributed by atoms with van der Waals surface area (Å²) in [5, 5.41) is 0.641. The quantitative estimate of drug-likeness (QED) is 0.384. The van der Waals surface area contributed by atoms with E-state index in [-0.39, 0.29) is 16.4 Å². The molecule has 0 radical (unpaired) electrons. The number of H-pyrrole nitrogens is 1. The highest BCUT2D eigenvalue weighted by Crippen LogP contribution is 2.35. The van der Waals surface area contributed by atoms with Crippen LogP contribution in [-0.4, -0.2) is 39.1 Å². The lowest BCUT2D eigenvalue weighted by Crippen LogP contribution is -2.19. The minimum absolute atomic E-state index is 0.0864. The number of nitrogens with zero attached hydrogens (tertiary/aromatic N) is 4. The van der Waals surface area contributed by atoms with E-state index in [9.17, 15) is 17.6 Å². The van der Waals surface area contributed by atoms with Crippen molar-refractivity contribution in [2.24, 2.45) is 14.1 Å². The number of aromatic nitrogens is 5. The Hall–Kier alpha value is -4.22. The van der Waals surface area contributed by atoms with Crippen LogP contribution >= 0.6 is 0 Å². The van der Waals surface area contributed by atoms with E-state index in [0.717, 1.165) is 11.0 Å². The van der Waals surface area contributed by atoms with Gasteiger partial charge in [0.2, 0.25) is 10.0 Å². The van der Waals surface area contributed by atoms with E-state index in [1.807, 2.05) is 22.8 Å². The smallest absolute Gasteiger partial charge is 0.328 e. The molecule has 11 heteroatoms. The SMILES string of the molecule is CNS(=O)(=O)c1ccc2nc(-c3c[nH]c4ccc(F)cc34)n(-c3ccc4c(c3)n(C)c(=O)n4C)c2c1. The normalized spacial score (nSPS) is 12.3. The summed E-state index contributed by atoms with van der Waals surface area (Å²) in [6.07, 6.45) is 1.75. The zero-order valence-corrected chi connectivity index (χ0v) is 20.4. The fourth-order valence-electron chi connectivity index (χ4n) is 4.69. The molecule has 0 bridgehead atoms. The maximum absolute atomic E-state index is 14.2. The minimum atomic E-state index is -3.71. The molecule has 0 aliphatic carbocycles. The first kappa shape index (κ1) is 22.3. The number of hydrogen-bond acceptors (Lipinski definition) is 4. The van der Waals surface area contributed by atoms with Crippen LogP contribution in [0.4, 0.5) is 4.39 Å². The predicted octanol–water partition coefficient (Wildman–Crippen LogP) is 3.41. The van der Waals surface area contributed by atoms with Gasteiger partial charge in [0, 0.05) is 42.4 Å². The molecule has 6 aromatic rings. The predicted molar refractivity (Wildman–Crippen MR) is 136 cm³/mol. The summed E-state index contributed by atoms with van der Waals surface area (Å²) in [6, 6.07) is 14.7. The van der Waals surface area contributed by atoms with Crippen LogP contribution in [0.1, 0.15) is 0 Å². The summed E-state index contributed by atoms with van der Waals surface area (Å²) in [5.74, 6) is 0.121. The zero-order valence-electron chi connectivity index (χ0n) is 19.6. The molecule has 0 aliphatic heterocycles. The van der Waals surface area contributed by atoms with Crippen molar-refractivity contribution in [2.45, 2.75) is 4.90 Å². The van der Waals surface area contributed by atoms with E-state index in [0.29, 0.717) is 39.0 Å². The number of aryl methyl sites for hydroxylation is 2. The van der Waals surface area contributed by atoms with Crippen LogP contribution in [0.5, 0.6) is 0 Å². The molecule has 3 heterocycles. The molecular formula is C25H21FN6O3S. The monoisotopic (exact) mass is 504 g/mol. The highest BCUT2D eigenvalue weighted by atomic mass is 32.2. The van der Waals surface area contributed by atoms with Crippen molar-refractivity contribution in [1.82, 2.24) is 28.4 Å². The van der Waals surface area contributed by atoms with Gasteiger partial charge in [-0.1, -0.05) is 0 Å². The van der Waals surface area contributed by atoms with Crippen molar-refractivity contribution in [1.29, 1.82) is 0 Å². The van der Waals surface area contributed by atoms with Gasteiger partial charge in [-0.3, -0.25) is 13.7 Å². The maximum atomic E-state index is 14.2. The summed E-state index contributed by atoms with van der Waals surface area (Å²) < 4.78 is 46.6. The number of benzene rings is 3. The number of nitrogens with one attached hydrogen (secondary N) is 2. The standard InChI is InChI=1S/C25H21FN6O3S/c1-27-36(34,35)16-6-8-20-22(12-16)32(15-5-9-21-23(11-15)31(3)25(33)30(21)2)24(29-20)18-13-28-19-7-4-14(26)10-17(18)19/h4-13,27-28H,1-3H3. The Kier molecular flexibility index (Phi) is 4.72. The summed E-state index contributed by atoms with van der Waals surface area (Å²) in [5.41, 5.74) is 4.48. The van der Waals surface area contributed by atoms with Crippen molar-refractivity contribution in [2.75, 3.05) is 7.05 Å². The second kappa shape index (κ2) is 7.64. The van der Waals surface area contributed by atoms with Crippen LogP contribution < -0.4 is 10.4 Å². The van der Waals surface area contributed by atoms with Gasteiger partial charge in [0.05, 0.1) is 27.0 Å². The van der Waals surface area contributed by atoms with Crippen molar-refractivity contribution in [3.05, 3.63) is 77.1 Å².